The number of benzene rings is 1. The van der Waals surface area contributed by atoms with Crippen LogP contribution in [0.3, 0.4) is 0 Å². The minimum atomic E-state index is 0.554. The molecule has 0 aliphatic carbocycles. The van der Waals surface area contributed by atoms with E-state index in [0.717, 1.165) is 27.8 Å². The molecule has 5 heteroatoms. The summed E-state index contributed by atoms with van der Waals surface area (Å²) in [5.74, 6) is 0. The van der Waals surface area contributed by atoms with Crippen LogP contribution >= 0.6 is 28.1 Å². The first-order valence-corrected chi connectivity index (χ1v) is 7.27. The lowest BCUT2D eigenvalue weighted by atomic mass is 10.3. The molecular formula is C13H18BrN3S. The summed E-state index contributed by atoms with van der Waals surface area (Å²) >= 11 is 8.86. The Morgan fingerprint density at radius 1 is 1.44 bits per heavy atom. The Morgan fingerprint density at radius 2 is 2.17 bits per heavy atom. The molecule has 0 aliphatic heterocycles. The molecule has 0 amide bonds. The van der Waals surface area contributed by atoms with Crippen LogP contribution in [-0.4, -0.2) is 34.1 Å². The maximum absolute atomic E-state index is 5.39. The first-order chi connectivity index (χ1) is 8.49. The van der Waals surface area contributed by atoms with Crippen molar-refractivity contribution in [2.45, 2.75) is 26.4 Å². The van der Waals surface area contributed by atoms with E-state index in [0.29, 0.717) is 6.04 Å². The van der Waals surface area contributed by atoms with Gasteiger partial charge in [-0.2, -0.15) is 0 Å². The number of fused-ring (bicyclic) bond motifs is 1. The van der Waals surface area contributed by atoms with Gasteiger partial charge in [-0.15, -0.1) is 0 Å². The zero-order chi connectivity index (χ0) is 13.3. The maximum Gasteiger partial charge on any atom is 0.178 e. The lowest BCUT2D eigenvalue weighted by molar-refractivity contribution is 0.263. The molecule has 1 aromatic heterocycles. The van der Waals surface area contributed by atoms with Crippen LogP contribution in [0.2, 0.25) is 0 Å². The van der Waals surface area contributed by atoms with Crippen LogP contribution in [0.15, 0.2) is 22.7 Å². The Balaban J connectivity index is 2.28. The molecule has 98 valence electrons. The second-order valence-corrected chi connectivity index (χ2v) is 6.12. The molecule has 0 saturated heterocycles. The standard InChI is InChI=1S/C13H18BrN3S/c1-9(2)16(3)6-7-17-12-5-4-10(14)8-11(12)15-13(17)18/h4-5,8-9H,6-7H2,1-3H3,(H,15,18). The monoisotopic (exact) mass is 327 g/mol. The number of imidazole rings is 1. The average molecular weight is 328 g/mol. The first kappa shape index (κ1) is 13.8. The van der Waals surface area contributed by atoms with E-state index in [1.807, 2.05) is 6.07 Å². The molecule has 3 nitrogen and oxygen atoms in total. The number of aromatic nitrogens is 2. The second-order valence-electron chi connectivity index (χ2n) is 4.82. The van der Waals surface area contributed by atoms with Gasteiger partial charge in [-0.1, -0.05) is 15.9 Å². The van der Waals surface area contributed by atoms with Crippen molar-refractivity contribution in [1.29, 1.82) is 0 Å². The van der Waals surface area contributed by atoms with Crippen molar-refractivity contribution < 1.29 is 0 Å². The highest BCUT2D eigenvalue weighted by atomic mass is 79.9. The minimum Gasteiger partial charge on any atom is -0.331 e. The summed E-state index contributed by atoms with van der Waals surface area (Å²) in [4.78, 5) is 5.57. The molecule has 0 atom stereocenters. The average Bonchev–Trinajstić information content (AvgIpc) is 2.60. The SMILES string of the molecule is CC(C)N(C)CCn1c(=S)[nH]c2cc(Br)ccc21. The Morgan fingerprint density at radius 3 is 2.83 bits per heavy atom. The molecule has 0 saturated carbocycles. The normalized spacial score (nSPS) is 11.9. The van der Waals surface area contributed by atoms with Gasteiger partial charge in [0.25, 0.3) is 0 Å². The molecule has 2 aromatic rings. The van der Waals surface area contributed by atoms with Crippen molar-refractivity contribution in [3.8, 4) is 0 Å². The van der Waals surface area contributed by atoms with Crippen LogP contribution < -0.4 is 0 Å². The van der Waals surface area contributed by atoms with E-state index in [-0.39, 0.29) is 0 Å². The number of aromatic amines is 1. The van der Waals surface area contributed by atoms with Gasteiger partial charge in [0.2, 0.25) is 0 Å². The zero-order valence-electron chi connectivity index (χ0n) is 10.9. The van der Waals surface area contributed by atoms with Crippen LogP contribution in [0.1, 0.15) is 13.8 Å². The molecule has 0 spiro atoms. The molecular weight excluding hydrogens is 310 g/mol. The molecule has 2 rings (SSSR count). The second kappa shape index (κ2) is 5.55. The van der Waals surface area contributed by atoms with Crippen molar-refractivity contribution in [2.24, 2.45) is 0 Å². The van der Waals surface area contributed by atoms with Crippen molar-refractivity contribution >= 4 is 39.2 Å². The Hall–Kier alpha value is -0.650. The van der Waals surface area contributed by atoms with Crippen LogP contribution in [0, 0.1) is 4.77 Å². The van der Waals surface area contributed by atoms with Crippen LogP contribution in [0.5, 0.6) is 0 Å². The summed E-state index contributed by atoms with van der Waals surface area (Å²) in [7, 11) is 2.14. The molecule has 0 fully saturated rings. The largest absolute Gasteiger partial charge is 0.331 e. The molecule has 1 aromatic carbocycles. The molecule has 0 aliphatic rings. The van der Waals surface area contributed by atoms with E-state index < -0.39 is 0 Å². The first-order valence-electron chi connectivity index (χ1n) is 6.07. The number of hydrogen-bond donors (Lipinski definition) is 1. The maximum atomic E-state index is 5.39. The predicted molar refractivity (Wildman–Crippen MR) is 82.6 cm³/mol. The van der Waals surface area contributed by atoms with Gasteiger partial charge in [-0.25, -0.2) is 0 Å². The van der Waals surface area contributed by atoms with Crippen LogP contribution in [-0.2, 0) is 6.54 Å². The van der Waals surface area contributed by atoms with Gasteiger partial charge in [-0.05, 0) is 51.3 Å². The quantitative estimate of drug-likeness (QED) is 0.863. The van der Waals surface area contributed by atoms with Crippen molar-refractivity contribution in [3.63, 3.8) is 0 Å². The molecule has 18 heavy (non-hydrogen) atoms. The summed E-state index contributed by atoms with van der Waals surface area (Å²) < 4.78 is 4.02. The fourth-order valence-corrected chi connectivity index (χ4v) is 2.53. The smallest absolute Gasteiger partial charge is 0.178 e. The van der Waals surface area contributed by atoms with Crippen molar-refractivity contribution in [1.82, 2.24) is 14.5 Å². The fourth-order valence-electron chi connectivity index (χ4n) is 1.87. The number of nitrogens with one attached hydrogen (secondary N) is 1. The zero-order valence-corrected chi connectivity index (χ0v) is 13.3. The Labute approximate surface area is 121 Å². The third-order valence-electron chi connectivity index (χ3n) is 3.29. The van der Waals surface area contributed by atoms with Crippen molar-refractivity contribution in [3.05, 3.63) is 27.4 Å². The fraction of sp³-hybridized carbons (Fsp3) is 0.462. The number of rotatable bonds is 4. The van der Waals surface area contributed by atoms with Gasteiger partial charge < -0.3 is 14.5 Å². The summed E-state index contributed by atoms with van der Waals surface area (Å²) in [6, 6.07) is 6.76. The van der Waals surface area contributed by atoms with E-state index in [1.54, 1.807) is 0 Å². The van der Waals surface area contributed by atoms with E-state index in [1.165, 1.54) is 5.52 Å². The number of hydrogen-bond acceptors (Lipinski definition) is 2. The number of likely N-dealkylation sites (N-methyl/N-ethyl adjacent to an activating group) is 1. The molecule has 0 unspecified atom stereocenters. The van der Waals surface area contributed by atoms with Gasteiger partial charge in [0.1, 0.15) is 0 Å². The number of nitrogens with zero attached hydrogens (tertiary/aromatic N) is 2. The highest BCUT2D eigenvalue weighted by Gasteiger charge is 2.07. The summed E-state index contributed by atoms with van der Waals surface area (Å²) in [5.41, 5.74) is 2.25. The molecule has 1 heterocycles. The topological polar surface area (TPSA) is 24.0 Å². The van der Waals surface area contributed by atoms with E-state index in [9.17, 15) is 0 Å². The summed E-state index contributed by atoms with van der Waals surface area (Å²) in [6.07, 6.45) is 0. The Kier molecular flexibility index (Phi) is 4.25. The van der Waals surface area contributed by atoms with Crippen LogP contribution in [0.25, 0.3) is 11.0 Å². The van der Waals surface area contributed by atoms with E-state index >= 15 is 0 Å². The number of H-pyrrole nitrogens is 1. The van der Waals surface area contributed by atoms with Gasteiger partial charge in [0.15, 0.2) is 4.77 Å². The third kappa shape index (κ3) is 2.84. The predicted octanol–water partition coefficient (Wildman–Crippen LogP) is 3.80. The molecule has 0 radical (unpaired) electrons. The summed E-state index contributed by atoms with van der Waals surface area (Å²) in [6.45, 7) is 6.31. The minimum absolute atomic E-state index is 0.554. The summed E-state index contributed by atoms with van der Waals surface area (Å²) in [5, 5.41) is 0. The highest BCUT2D eigenvalue weighted by molar-refractivity contribution is 9.10. The lowest BCUT2D eigenvalue weighted by Crippen LogP contribution is -2.29. The van der Waals surface area contributed by atoms with Crippen LogP contribution in [0.4, 0.5) is 0 Å². The van der Waals surface area contributed by atoms with Gasteiger partial charge in [0, 0.05) is 23.6 Å². The van der Waals surface area contributed by atoms with Gasteiger partial charge >= 0.3 is 0 Å². The lowest BCUT2D eigenvalue weighted by Gasteiger charge is -2.21. The van der Waals surface area contributed by atoms with Crippen molar-refractivity contribution in [2.75, 3.05) is 13.6 Å². The van der Waals surface area contributed by atoms with E-state index in [4.69, 9.17) is 12.2 Å². The third-order valence-corrected chi connectivity index (χ3v) is 4.11. The number of halogens is 1. The van der Waals surface area contributed by atoms with E-state index in [2.05, 4.69) is 63.4 Å². The molecule has 0 bridgehead atoms. The molecule has 1 N–H and O–H groups in total. The Bertz CT molecular complexity index is 600. The van der Waals surface area contributed by atoms with Gasteiger partial charge in [-0.3, -0.25) is 0 Å². The van der Waals surface area contributed by atoms with Gasteiger partial charge in [0.05, 0.1) is 11.0 Å². The highest BCUT2D eigenvalue weighted by Crippen LogP contribution is 2.19.